The van der Waals surface area contributed by atoms with E-state index in [2.05, 4.69) is 9.88 Å². The van der Waals surface area contributed by atoms with Crippen LogP contribution in [0, 0.1) is 5.82 Å². The van der Waals surface area contributed by atoms with Gasteiger partial charge in [-0.15, -0.1) is 0 Å². The summed E-state index contributed by atoms with van der Waals surface area (Å²) in [6, 6.07) is 6.54. The molecule has 1 atom stereocenters. The van der Waals surface area contributed by atoms with Crippen LogP contribution < -0.4 is 4.74 Å². The molecule has 1 N–H and O–H groups in total. The fourth-order valence-electron chi connectivity index (χ4n) is 4.25. The first-order chi connectivity index (χ1) is 16.0. The smallest absolute Gasteiger partial charge is 0.295 e. The van der Waals surface area contributed by atoms with Crippen LogP contribution in [0.1, 0.15) is 23.6 Å². The average Bonchev–Trinajstić information content (AvgIpc) is 3.10. The molecule has 2 aromatic rings. The number of halogens is 1. The first-order valence-corrected chi connectivity index (χ1v) is 10.8. The van der Waals surface area contributed by atoms with Gasteiger partial charge in [0.15, 0.2) is 11.6 Å². The quantitative estimate of drug-likeness (QED) is 0.389. The molecule has 0 unspecified atom stereocenters. The number of carbonyl (C=O) groups is 2. The van der Waals surface area contributed by atoms with Crippen molar-refractivity contribution < 1.29 is 28.6 Å². The average molecular weight is 455 g/mol. The van der Waals surface area contributed by atoms with E-state index in [1.165, 1.54) is 24.1 Å². The molecule has 2 aliphatic heterocycles. The monoisotopic (exact) mass is 455 g/mol. The number of likely N-dealkylation sites (tertiary alicyclic amines) is 1. The molecule has 0 radical (unpaired) electrons. The number of rotatable bonds is 7. The maximum absolute atomic E-state index is 14.3. The fourth-order valence-corrected chi connectivity index (χ4v) is 4.25. The standard InChI is InChI=1S/C24H26FN3O5/c1-32-19-6-5-16(14-18(19)25)22(29)20-21(17-4-2-7-26-15-17)28(24(31)23(20)30)9-3-8-27-10-12-33-13-11-27/h2,4-7,14-15,21,29H,3,8-13H2,1H3/b22-20+/t21-/m1/s1. The van der Waals surface area contributed by atoms with Gasteiger partial charge in [-0.25, -0.2) is 4.39 Å². The molecule has 2 fully saturated rings. The zero-order chi connectivity index (χ0) is 23.4. The molecule has 0 saturated carbocycles. The first-order valence-electron chi connectivity index (χ1n) is 10.8. The number of ketones is 1. The molecule has 9 heteroatoms. The normalized spacial score (nSPS) is 20.9. The van der Waals surface area contributed by atoms with E-state index in [4.69, 9.17) is 9.47 Å². The van der Waals surface area contributed by atoms with Crippen LogP contribution in [0.15, 0.2) is 48.3 Å². The minimum absolute atomic E-state index is 0.0129. The number of Topliss-reactive ketones (excluding diaryl/α,β-unsaturated/α-hetero) is 1. The number of methoxy groups -OCH3 is 1. The molecule has 174 valence electrons. The molecule has 0 aliphatic carbocycles. The summed E-state index contributed by atoms with van der Waals surface area (Å²) in [4.78, 5) is 33.8. The molecular weight excluding hydrogens is 429 g/mol. The second kappa shape index (κ2) is 10.1. The maximum Gasteiger partial charge on any atom is 0.295 e. The number of aliphatic hydroxyl groups is 1. The summed E-state index contributed by atoms with van der Waals surface area (Å²) < 4.78 is 24.6. The third-order valence-electron chi connectivity index (χ3n) is 5.94. The second-order valence-corrected chi connectivity index (χ2v) is 7.94. The Morgan fingerprint density at radius 2 is 2.03 bits per heavy atom. The first kappa shape index (κ1) is 22.9. The van der Waals surface area contributed by atoms with Gasteiger partial charge in [-0.1, -0.05) is 6.07 Å². The van der Waals surface area contributed by atoms with Gasteiger partial charge >= 0.3 is 0 Å². The molecule has 4 rings (SSSR count). The van der Waals surface area contributed by atoms with Crippen LogP contribution in [-0.2, 0) is 14.3 Å². The van der Waals surface area contributed by atoms with Crippen molar-refractivity contribution in [3.05, 3.63) is 65.2 Å². The van der Waals surface area contributed by atoms with Crippen molar-refractivity contribution in [2.45, 2.75) is 12.5 Å². The number of nitrogens with zero attached hydrogens (tertiary/aromatic N) is 3. The van der Waals surface area contributed by atoms with E-state index in [-0.39, 0.29) is 16.9 Å². The number of ether oxygens (including phenoxy) is 2. The number of morpholine rings is 1. The van der Waals surface area contributed by atoms with Crippen LogP contribution in [0.3, 0.4) is 0 Å². The molecule has 3 heterocycles. The van der Waals surface area contributed by atoms with Gasteiger partial charge in [0.05, 0.1) is 31.9 Å². The van der Waals surface area contributed by atoms with Crippen LogP contribution >= 0.6 is 0 Å². The van der Waals surface area contributed by atoms with Gasteiger partial charge in [-0.3, -0.25) is 19.5 Å². The summed E-state index contributed by atoms with van der Waals surface area (Å²) in [5, 5.41) is 11.0. The van der Waals surface area contributed by atoms with Gasteiger partial charge in [0, 0.05) is 44.1 Å². The summed E-state index contributed by atoms with van der Waals surface area (Å²) in [6.45, 7) is 4.10. The van der Waals surface area contributed by atoms with E-state index in [9.17, 15) is 19.1 Å². The van der Waals surface area contributed by atoms with Crippen molar-refractivity contribution in [2.75, 3.05) is 46.5 Å². The molecular formula is C24H26FN3O5. The molecule has 0 spiro atoms. The number of benzene rings is 1. The van der Waals surface area contributed by atoms with Crippen molar-refractivity contribution in [3.63, 3.8) is 0 Å². The van der Waals surface area contributed by atoms with Gasteiger partial charge in [-0.05, 0) is 36.2 Å². The number of carbonyl (C=O) groups excluding carboxylic acids is 2. The predicted molar refractivity (Wildman–Crippen MR) is 118 cm³/mol. The number of hydrogen-bond acceptors (Lipinski definition) is 7. The van der Waals surface area contributed by atoms with E-state index in [1.54, 1.807) is 24.5 Å². The predicted octanol–water partition coefficient (Wildman–Crippen LogP) is 2.37. The van der Waals surface area contributed by atoms with Gasteiger partial charge < -0.3 is 19.5 Å². The number of pyridine rings is 1. The highest BCUT2D eigenvalue weighted by molar-refractivity contribution is 6.46. The minimum atomic E-state index is -0.812. The van der Waals surface area contributed by atoms with Gasteiger partial charge in [-0.2, -0.15) is 0 Å². The van der Waals surface area contributed by atoms with Crippen molar-refractivity contribution in [1.82, 2.24) is 14.8 Å². The van der Waals surface area contributed by atoms with Crippen LogP contribution in [0.25, 0.3) is 5.76 Å². The highest BCUT2D eigenvalue weighted by Gasteiger charge is 2.46. The third kappa shape index (κ3) is 4.74. The Kier molecular flexibility index (Phi) is 7.00. The van der Waals surface area contributed by atoms with Gasteiger partial charge in [0.25, 0.3) is 11.7 Å². The lowest BCUT2D eigenvalue weighted by Gasteiger charge is -2.29. The van der Waals surface area contributed by atoms with Crippen molar-refractivity contribution >= 4 is 17.4 Å². The highest BCUT2D eigenvalue weighted by Crippen LogP contribution is 2.39. The lowest BCUT2D eigenvalue weighted by molar-refractivity contribution is -0.140. The lowest BCUT2D eigenvalue weighted by atomic mass is 9.96. The SMILES string of the molecule is COc1ccc(/C(O)=C2\C(=O)C(=O)N(CCCN3CCOCC3)[C@@H]2c2cccnc2)cc1F. The Labute approximate surface area is 191 Å². The Morgan fingerprint density at radius 1 is 1.24 bits per heavy atom. The third-order valence-corrected chi connectivity index (χ3v) is 5.94. The number of aromatic nitrogens is 1. The van der Waals surface area contributed by atoms with Crippen molar-refractivity contribution in [2.24, 2.45) is 0 Å². The molecule has 1 aromatic carbocycles. The van der Waals surface area contributed by atoms with E-state index < -0.39 is 29.3 Å². The molecule has 2 aliphatic rings. The molecule has 0 bridgehead atoms. The molecule has 1 amide bonds. The number of hydrogen-bond donors (Lipinski definition) is 1. The largest absolute Gasteiger partial charge is 0.507 e. The lowest BCUT2D eigenvalue weighted by Crippen LogP contribution is -2.39. The Bertz CT molecular complexity index is 1050. The summed E-state index contributed by atoms with van der Waals surface area (Å²) in [5.74, 6) is -2.59. The van der Waals surface area contributed by atoms with E-state index >= 15 is 0 Å². The summed E-state index contributed by atoms with van der Waals surface area (Å²) in [6.07, 6.45) is 3.81. The molecule has 1 aromatic heterocycles. The van der Waals surface area contributed by atoms with Crippen LogP contribution in [0.4, 0.5) is 4.39 Å². The fraction of sp³-hybridized carbons (Fsp3) is 0.375. The zero-order valence-corrected chi connectivity index (χ0v) is 18.4. The highest BCUT2D eigenvalue weighted by atomic mass is 19.1. The van der Waals surface area contributed by atoms with Gasteiger partial charge in [0.1, 0.15) is 5.76 Å². The maximum atomic E-state index is 14.3. The molecule has 33 heavy (non-hydrogen) atoms. The minimum Gasteiger partial charge on any atom is -0.507 e. The Balaban J connectivity index is 1.66. The number of amides is 1. The van der Waals surface area contributed by atoms with Crippen LogP contribution in [-0.4, -0.2) is 78.1 Å². The van der Waals surface area contributed by atoms with E-state index in [0.717, 1.165) is 25.7 Å². The molecule has 2 saturated heterocycles. The van der Waals surface area contributed by atoms with Gasteiger partial charge in [0.2, 0.25) is 0 Å². The van der Waals surface area contributed by atoms with Crippen LogP contribution in [0.2, 0.25) is 0 Å². The van der Waals surface area contributed by atoms with Crippen molar-refractivity contribution in [3.8, 4) is 5.75 Å². The van der Waals surface area contributed by atoms with Crippen molar-refractivity contribution in [1.29, 1.82) is 0 Å². The summed E-state index contributed by atoms with van der Waals surface area (Å²) >= 11 is 0. The molecule has 8 nitrogen and oxygen atoms in total. The van der Waals surface area contributed by atoms with E-state index in [1.807, 2.05) is 0 Å². The topological polar surface area (TPSA) is 92.2 Å². The van der Waals surface area contributed by atoms with E-state index in [0.29, 0.717) is 31.7 Å². The second-order valence-electron chi connectivity index (χ2n) is 7.94. The Hall–Kier alpha value is -3.30. The Morgan fingerprint density at radius 3 is 2.70 bits per heavy atom. The van der Waals surface area contributed by atoms with Crippen LogP contribution in [0.5, 0.6) is 5.75 Å². The summed E-state index contributed by atoms with van der Waals surface area (Å²) in [5.41, 5.74) is 0.607. The zero-order valence-electron chi connectivity index (χ0n) is 18.4. The number of aliphatic hydroxyl groups excluding tert-OH is 1. The summed E-state index contributed by atoms with van der Waals surface area (Å²) in [7, 11) is 1.34.